The zero-order chi connectivity index (χ0) is 15.8. The number of halogens is 1. The summed E-state index contributed by atoms with van der Waals surface area (Å²) in [6.07, 6.45) is 0. The summed E-state index contributed by atoms with van der Waals surface area (Å²) in [5.74, 6) is 0. The lowest BCUT2D eigenvalue weighted by molar-refractivity contribution is 0.904. The summed E-state index contributed by atoms with van der Waals surface area (Å²) in [6.45, 7) is 0. The van der Waals surface area contributed by atoms with E-state index in [0.29, 0.717) is 10.7 Å². The first-order valence-electron chi connectivity index (χ1n) is 7.32. The predicted molar refractivity (Wildman–Crippen MR) is 95.9 cm³/mol. The monoisotopic (exact) mass is 319 g/mol. The Morgan fingerprint density at radius 2 is 1.61 bits per heavy atom. The molecular formula is C19H14ClN3. The molecule has 0 unspecified atom stereocenters. The smallest absolute Gasteiger partial charge is 0.0934 e. The predicted octanol–water partition coefficient (Wildman–Crippen LogP) is 4.93. The quantitative estimate of drug-likeness (QED) is 0.532. The Morgan fingerprint density at radius 1 is 0.870 bits per heavy atom. The SMILES string of the molecule is Nc1cc(-c2c3ccccc3nn2-c2ccccc2)ccc1Cl. The van der Waals surface area contributed by atoms with Gasteiger partial charge < -0.3 is 5.73 Å². The van der Waals surface area contributed by atoms with E-state index in [9.17, 15) is 0 Å². The Morgan fingerprint density at radius 3 is 2.39 bits per heavy atom. The van der Waals surface area contributed by atoms with Crippen LogP contribution in [0.2, 0.25) is 5.02 Å². The van der Waals surface area contributed by atoms with Crippen LogP contribution in [-0.4, -0.2) is 9.78 Å². The van der Waals surface area contributed by atoms with Gasteiger partial charge in [0, 0.05) is 10.9 Å². The molecule has 0 radical (unpaired) electrons. The molecule has 0 saturated carbocycles. The highest BCUT2D eigenvalue weighted by Gasteiger charge is 2.15. The third-order valence-electron chi connectivity index (χ3n) is 3.85. The molecule has 0 aliphatic carbocycles. The first kappa shape index (κ1) is 13.9. The fraction of sp³-hybridized carbons (Fsp3) is 0. The molecule has 4 aromatic rings. The van der Waals surface area contributed by atoms with E-state index in [1.807, 2.05) is 71.4 Å². The summed E-state index contributed by atoms with van der Waals surface area (Å²) in [7, 11) is 0. The number of hydrogen-bond acceptors (Lipinski definition) is 2. The van der Waals surface area contributed by atoms with Gasteiger partial charge in [0.25, 0.3) is 0 Å². The highest BCUT2D eigenvalue weighted by Crippen LogP contribution is 2.33. The second-order valence-corrected chi connectivity index (χ2v) is 5.76. The molecule has 3 aromatic carbocycles. The minimum absolute atomic E-state index is 0.559. The average Bonchev–Trinajstić information content (AvgIpc) is 2.98. The van der Waals surface area contributed by atoms with Crippen molar-refractivity contribution in [1.29, 1.82) is 0 Å². The molecule has 0 saturated heterocycles. The number of benzene rings is 3. The number of fused-ring (bicyclic) bond motifs is 1. The van der Waals surface area contributed by atoms with Gasteiger partial charge in [0.15, 0.2) is 0 Å². The molecule has 0 atom stereocenters. The molecule has 1 aromatic heterocycles. The van der Waals surface area contributed by atoms with Gasteiger partial charge in [-0.25, -0.2) is 4.68 Å². The van der Waals surface area contributed by atoms with Crippen molar-refractivity contribution in [2.75, 3.05) is 5.73 Å². The van der Waals surface area contributed by atoms with Crippen LogP contribution < -0.4 is 5.73 Å². The van der Waals surface area contributed by atoms with Crippen LogP contribution in [0.4, 0.5) is 5.69 Å². The number of nitrogens with zero attached hydrogens (tertiary/aromatic N) is 2. The van der Waals surface area contributed by atoms with E-state index >= 15 is 0 Å². The molecule has 0 aliphatic heterocycles. The number of para-hydroxylation sites is 1. The number of hydrogen-bond donors (Lipinski definition) is 1. The maximum absolute atomic E-state index is 6.07. The van der Waals surface area contributed by atoms with E-state index in [1.54, 1.807) is 0 Å². The zero-order valence-electron chi connectivity index (χ0n) is 12.3. The third kappa shape index (κ3) is 2.35. The Labute approximate surface area is 138 Å². The average molecular weight is 320 g/mol. The Bertz CT molecular complexity index is 990. The highest BCUT2D eigenvalue weighted by atomic mass is 35.5. The van der Waals surface area contributed by atoms with Crippen LogP contribution in [0.25, 0.3) is 27.8 Å². The summed E-state index contributed by atoms with van der Waals surface area (Å²) < 4.78 is 1.95. The van der Waals surface area contributed by atoms with Gasteiger partial charge in [-0.2, -0.15) is 5.10 Å². The van der Waals surface area contributed by atoms with E-state index in [4.69, 9.17) is 22.4 Å². The van der Waals surface area contributed by atoms with E-state index < -0.39 is 0 Å². The number of nitrogens with two attached hydrogens (primary N) is 1. The number of aromatic nitrogens is 2. The standard InChI is InChI=1S/C19H14ClN3/c20-16-11-10-13(12-17(16)21)19-15-8-4-5-9-18(15)22-23(19)14-6-2-1-3-7-14/h1-12H,21H2. The van der Waals surface area contributed by atoms with E-state index in [1.165, 1.54) is 0 Å². The molecule has 0 amide bonds. The molecule has 4 heteroatoms. The van der Waals surface area contributed by atoms with Crippen LogP contribution in [0.5, 0.6) is 0 Å². The largest absolute Gasteiger partial charge is 0.398 e. The van der Waals surface area contributed by atoms with Gasteiger partial charge in [0.1, 0.15) is 0 Å². The van der Waals surface area contributed by atoms with Crippen molar-refractivity contribution in [2.24, 2.45) is 0 Å². The fourth-order valence-electron chi connectivity index (χ4n) is 2.76. The number of nitrogen functional groups attached to an aromatic ring is 1. The third-order valence-corrected chi connectivity index (χ3v) is 4.19. The van der Waals surface area contributed by atoms with Gasteiger partial charge in [-0.05, 0) is 30.3 Å². The Balaban J connectivity index is 2.05. The highest BCUT2D eigenvalue weighted by molar-refractivity contribution is 6.33. The van der Waals surface area contributed by atoms with Crippen molar-refractivity contribution in [2.45, 2.75) is 0 Å². The molecule has 2 N–H and O–H groups in total. The van der Waals surface area contributed by atoms with Crippen LogP contribution in [0.1, 0.15) is 0 Å². The van der Waals surface area contributed by atoms with Crippen molar-refractivity contribution in [3.05, 3.63) is 77.8 Å². The van der Waals surface area contributed by atoms with Gasteiger partial charge in [-0.1, -0.05) is 54.1 Å². The van der Waals surface area contributed by atoms with Crippen molar-refractivity contribution >= 4 is 28.2 Å². The number of anilines is 1. The molecule has 3 nitrogen and oxygen atoms in total. The lowest BCUT2D eigenvalue weighted by Gasteiger charge is -2.09. The van der Waals surface area contributed by atoms with Gasteiger partial charge in [0.05, 0.1) is 27.6 Å². The molecule has 0 bridgehead atoms. The van der Waals surface area contributed by atoms with Crippen LogP contribution in [0.15, 0.2) is 72.8 Å². The maximum atomic E-state index is 6.07. The normalized spacial score (nSPS) is 11.0. The Kier molecular flexibility index (Phi) is 3.28. The molecule has 1 heterocycles. The second-order valence-electron chi connectivity index (χ2n) is 5.35. The van der Waals surface area contributed by atoms with Crippen LogP contribution in [0.3, 0.4) is 0 Å². The minimum atomic E-state index is 0.559. The minimum Gasteiger partial charge on any atom is -0.398 e. The summed E-state index contributed by atoms with van der Waals surface area (Å²) in [6, 6.07) is 23.8. The summed E-state index contributed by atoms with van der Waals surface area (Å²) >= 11 is 6.07. The van der Waals surface area contributed by atoms with Crippen molar-refractivity contribution in [1.82, 2.24) is 9.78 Å². The first-order chi connectivity index (χ1) is 11.2. The summed E-state index contributed by atoms with van der Waals surface area (Å²) in [5, 5.41) is 6.39. The second kappa shape index (κ2) is 5.45. The van der Waals surface area contributed by atoms with Crippen LogP contribution >= 0.6 is 11.6 Å². The zero-order valence-corrected chi connectivity index (χ0v) is 13.0. The van der Waals surface area contributed by atoms with Crippen molar-refractivity contribution in [3.63, 3.8) is 0 Å². The van der Waals surface area contributed by atoms with Crippen molar-refractivity contribution < 1.29 is 0 Å². The summed E-state index contributed by atoms with van der Waals surface area (Å²) in [4.78, 5) is 0. The number of rotatable bonds is 2. The molecule has 23 heavy (non-hydrogen) atoms. The molecule has 112 valence electrons. The fourth-order valence-corrected chi connectivity index (χ4v) is 2.88. The molecule has 4 rings (SSSR count). The van der Waals surface area contributed by atoms with Gasteiger partial charge in [-0.15, -0.1) is 0 Å². The van der Waals surface area contributed by atoms with E-state index in [2.05, 4.69) is 6.07 Å². The van der Waals surface area contributed by atoms with Gasteiger partial charge in [0.2, 0.25) is 0 Å². The molecule has 0 spiro atoms. The Hall–Kier alpha value is -2.78. The lowest BCUT2D eigenvalue weighted by Crippen LogP contribution is -1.99. The first-order valence-corrected chi connectivity index (χ1v) is 7.70. The topological polar surface area (TPSA) is 43.8 Å². The van der Waals surface area contributed by atoms with Crippen LogP contribution in [-0.2, 0) is 0 Å². The lowest BCUT2D eigenvalue weighted by atomic mass is 10.1. The molecular weight excluding hydrogens is 306 g/mol. The molecule has 0 fully saturated rings. The van der Waals surface area contributed by atoms with Crippen LogP contribution in [0, 0.1) is 0 Å². The summed E-state index contributed by atoms with van der Waals surface area (Å²) in [5.41, 5.74) is 10.5. The maximum Gasteiger partial charge on any atom is 0.0934 e. The van der Waals surface area contributed by atoms with Gasteiger partial charge in [-0.3, -0.25) is 0 Å². The van der Waals surface area contributed by atoms with E-state index in [-0.39, 0.29) is 0 Å². The molecule has 0 aliphatic rings. The van der Waals surface area contributed by atoms with Crippen molar-refractivity contribution in [3.8, 4) is 16.9 Å². The van der Waals surface area contributed by atoms with Gasteiger partial charge >= 0.3 is 0 Å². The van der Waals surface area contributed by atoms with E-state index in [0.717, 1.165) is 27.8 Å².